The van der Waals surface area contributed by atoms with E-state index in [2.05, 4.69) is 18.9 Å². The van der Waals surface area contributed by atoms with Gasteiger partial charge in [0.1, 0.15) is 10.8 Å². The molecule has 2 unspecified atom stereocenters. The number of nitrogens with zero attached hydrogens (tertiary/aromatic N) is 2. The van der Waals surface area contributed by atoms with Crippen LogP contribution in [0, 0.1) is 11.8 Å². The van der Waals surface area contributed by atoms with Crippen LogP contribution < -0.4 is 5.73 Å². The number of nitrogen functional groups attached to an aromatic ring is 1. The summed E-state index contributed by atoms with van der Waals surface area (Å²) in [6.07, 6.45) is 7.97. The lowest BCUT2D eigenvalue weighted by molar-refractivity contribution is 0.228. The van der Waals surface area contributed by atoms with Crippen LogP contribution in [-0.4, -0.2) is 9.78 Å². The summed E-state index contributed by atoms with van der Waals surface area (Å²) < 4.78 is 1.93. The molecular weight excluding hydrogens is 234 g/mol. The van der Waals surface area contributed by atoms with E-state index in [1.807, 2.05) is 4.68 Å². The van der Waals surface area contributed by atoms with Crippen LogP contribution in [0.3, 0.4) is 0 Å². The Balaban J connectivity index is 2.04. The fraction of sp³-hybridized carbons (Fsp3) is 0.769. The van der Waals surface area contributed by atoms with E-state index in [0.29, 0.717) is 16.9 Å². The standard InChI is InChI=1S/C13H22ClN3/c1-9(2)6-10-4-3-5-11(7-10)17-13(15)12(14)8-16-17/h8-11H,3-7,15H2,1-2H3. The van der Waals surface area contributed by atoms with Gasteiger partial charge in [0.2, 0.25) is 0 Å². The highest BCUT2D eigenvalue weighted by Gasteiger charge is 2.25. The molecule has 96 valence electrons. The van der Waals surface area contributed by atoms with Gasteiger partial charge in [-0.05, 0) is 31.1 Å². The summed E-state index contributed by atoms with van der Waals surface area (Å²) in [5.41, 5.74) is 5.95. The molecular formula is C13H22ClN3. The van der Waals surface area contributed by atoms with Crippen molar-refractivity contribution in [2.75, 3.05) is 5.73 Å². The second-order valence-corrected chi connectivity index (χ2v) is 6.05. The molecule has 1 aliphatic rings. The second-order valence-electron chi connectivity index (χ2n) is 5.64. The van der Waals surface area contributed by atoms with E-state index < -0.39 is 0 Å². The second kappa shape index (κ2) is 5.30. The molecule has 4 heteroatoms. The van der Waals surface area contributed by atoms with Crippen LogP contribution in [0.25, 0.3) is 0 Å². The molecule has 0 radical (unpaired) electrons. The third kappa shape index (κ3) is 2.95. The average molecular weight is 256 g/mol. The summed E-state index contributed by atoms with van der Waals surface area (Å²) in [6, 6.07) is 0.444. The van der Waals surface area contributed by atoms with Crippen molar-refractivity contribution in [1.82, 2.24) is 9.78 Å². The summed E-state index contributed by atoms with van der Waals surface area (Å²) >= 11 is 5.96. The molecule has 3 nitrogen and oxygen atoms in total. The van der Waals surface area contributed by atoms with E-state index in [4.69, 9.17) is 17.3 Å². The van der Waals surface area contributed by atoms with Crippen LogP contribution in [0.2, 0.25) is 5.02 Å². The largest absolute Gasteiger partial charge is 0.383 e. The van der Waals surface area contributed by atoms with Gasteiger partial charge >= 0.3 is 0 Å². The molecule has 0 aliphatic heterocycles. The Bertz CT molecular complexity index is 373. The fourth-order valence-electron chi connectivity index (χ4n) is 3.01. The van der Waals surface area contributed by atoms with Crippen molar-refractivity contribution >= 4 is 17.4 Å². The van der Waals surface area contributed by atoms with Gasteiger partial charge in [-0.15, -0.1) is 0 Å². The number of aromatic nitrogens is 2. The summed E-state index contributed by atoms with van der Waals surface area (Å²) in [4.78, 5) is 0. The van der Waals surface area contributed by atoms with Crippen molar-refractivity contribution in [3.63, 3.8) is 0 Å². The van der Waals surface area contributed by atoms with Gasteiger partial charge in [0.15, 0.2) is 0 Å². The maximum Gasteiger partial charge on any atom is 0.140 e. The summed E-state index contributed by atoms with van der Waals surface area (Å²) in [7, 11) is 0. The minimum Gasteiger partial charge on any atom is -0.383 e. The molecule has 2 rings (SSSR count). The van der Waals surface area contributed by atoms with Crippen LogP contribution in [-0.2, 0) is 0 Å². The smallest absolute Gasteiger partial charge is 0.140 e. The molecule has 1 saturated carbocycles. The highest BCUT2D eigenvalue weighted by molar-refractivity contribution is 6.32. The molecule has 1 heterocycles. The zero-order chi connectivity index (χ0) is 12.4. The molecule has 2 N–H and O–H groups in total. The Labute approximate surface area is 108 Å². The van der Waals surface area contributed by atoms with Crippen LogP contribution in [0.1, 0.15) is 52.0 Å². The topological polar surface area (TPSA) is 43.8 Å². The van der Waals surface area contributed by atoms with Crippen molar-refractivity contribution in [2.45, 2.75) is 52.0 Å². The SMILES string of the molecule is CC(C)CC1CCCC(n2ncc(Cl)c2N)C1. The molecule has 0 aromatic carbocycles. The van der Waals surface area contributed by atoms with Gasteiger partial charge in [-0.25, -0.2) is 4.68 Å². The van der Waals surface area contributed by atoms with Crippen molar-refractivity contribution in [2.24, 2.45) is 11.8 Å². The minimum atomic E-state index is 0.444. The third-order valence-electron chi connectivity index (χ3n) is 3.69. The molecule has 1 aromatic heterocycles. The van der Waals surface area contributed by atoms with Crippen molar-refractivity contribution in [3.8, 4) is 0 Å². The van der Waals surface area contributed by atoms with Crippen molar-refractivity contribution < 1.29 is 0 Å². The molecule has 0 bridgehead atoms. The Morgan fingerprint density at radius 2 is 2.29 bits per heavy atom. The quantitative estimate of drug-likeness (QED) is 0.890. The molecule has 1 aliphatic carbocycles. The van der Waals surface area contributed by atoms with Gasteiger partial charge in [0, 0.05) is 0 Å². The van der Waals surface area contributed by atoms with E-state index in [9.17, 15) is 0 Å². The van der Waals surface area contributed by atoms with E-state index in [1.165, 1.54) is 32.1 Å². The normalized spacial score (nSPS) is 25.4. The Morgan fingerprint density at radius 3 is 2.88 bits per heavy atom. The van der Waals surface area contributed by atoms with Gasteiger partial charge < -0.3 is 5.73 Å². The summed E-state index contributed by atoms with van der Waals surface area (Å²) in [5.74, 6) is 2.22. The summed E-state index contributed by atoms with van der Waals surface area (Å²) in [6.45, 7) is 4.59. The first-order valence-electron chi connectivity index (χ1n) is 6.56. The maximum absolute atomic E-state index is 5.96. The summed E-state index contributed by atoms with van der Waals surface area (Å²) in [5, 5.41) is 4.89. The van der Waals surface area contributed by atoms with Gasteiger partial charge in [0.25, 0.3) is 0 Å². The van der Waals surface area contributed by atoms with Crippen molar-refractivity contribution in [1.29, 1.82) is 0 Å². The van der Waals surface area contributed by atoms with Crippen LogP contribution in [0.4, 0.5) is 5.82 Å². The highest BCUT2D eigenvalue weighted by atomic mass is 35.5. The first-order valence-corrected chi connectivity index (χ1v) is 6.94. The lowest BCUT2D eigenvalue weighted by Crippen LogP contribution is -2.22. The Morgan fingerprint density at radius 1 is 1.53 bits per heavy atom. The molecule has 0 saturated heterocycles. The van der Waals surface area contributed by atoms with Gasteiger partial charge in [-0.1, -0.05) is 38.3 Å². The monoisotopic (exact) mass is 255 g/mol. The van der Waals surface area contributed by atoms with Gasteiger partial charge in [-0.2, -0.15) is 5.10 Å². The molecule has 1 fully saturated rings. The van der Waals surface area contributed by atoms with Gasteiger partial charge in [0.05, 0.1) is 12.2 Å². The molecule has 0 amide bonds. The number of rotatable bonds is 3. The lowest BCUT2D eigenvalue weighted by Gasteiger charge is -2.30. The first kappa shape index (κ1) is 12.7. The van der Waals surface area contributed by atoms with E-state index in [-0.39, 0.29) is 0 Å². The number of anilines is 1. The predicted molar refractivity (Wildman–Crippen MR) is 72.1 cm³/mol. The van der Waals surface area contributed by atoms with Crippen LogP contribution in [0.5, 0.6) is 0 Å². The van der Waals surface area contributed by atoms with Crippen molar-refractivity contribution in [3.05, 3.63) is 11.2 Å². The first-order chi connectivity index (χ1) is 8.08. The molecule has 1 aromatic rings. The molecule has 17 heavy (non-hydrogen) atoms. The number of nitrogens with two attached hydrogens (primary N) is 1. The van der Waals surface area contributed by atoms with E-state index in [1.54, 1.807) is 6.20 Å². The molecule has 0 spiro atoms. The van der Waals surface area contributed by atoms with E-state index in [0.717, 1.165) is 11.8 Å². The van der Waals surface area contributed by atoms with E-state index >= 15 is 0 Å². The number of hydrogen-bond acceptors (Lipinski definition) is 2. The van der Waals surface area contributed by atoms with Crippen LogP contribution in [0.15, 0.2) is 6.20 Å². The fourth-order valence-corrected chi connectivity index (χ4v) is 3.14. The molecule has 2 atom stereocenters. The predicted octanol–water partition coefficient (Wildman–Crippen LogP) is 3.90. The zero-order valence-electron chi connectivity index (χ0n) is 10.7. The Kier molecular flexibility index (Phi) is 3.97. The maximum atomic E-state index is 5.96. The third-order valence-corrected chi connectivity index (χ3v) is 3.98. The van der Waals surface area contributed by atoms with Gasteiger partial charge in [-0.3, -0.25) is 0 Å². The number of hydrogen-bond donors (Lipinski definition) is 1. The number of halogens is 1. The zero-order valence-corrected chi connectivity index (χ0v) is 11.5. The highest BCUT2D eigenvalue weighted by Crippen LogP contribution is 2.37. The minimum absolute atomic E-state index is 0.444. The van der Waals surface area contributed by atoms with Crippen LogP contribution >= 0.6 is 11.6 Å². The Hall–Kier alpha value is -0.700. The lowest BCUT2D eigenvalue weighted by atomic mass is 9.81. The average Bonchev–Trinajstić information content (AvgIpc) is 2.59.